The zero-order valence-electron chi connectivity index (χ0n) is 17.3. The molecule has 0 saturated heterocycles. The molecule has 0 bridgehead atoms. The molecule has 0 aliphatic carbocycles. The smallest absolute Gasteiger partial charge is 0.327 e. The lowest BCUT2D eigenvalue weighted by Gasteiger charge is -1.98. The Hall–Kier alpha value is -1.85. The van der Waals surface area contributed by atoms with Crippen LogP contribution in [0.15, 0.2) is 12.7 Å². The number of carboxylic acids is 3. The summed E-state index contributed by atoms with van der Waals surface area (Å²) in [6.45, 7) is 7.31. The molecule has 0 saturated carbocycles. The molecule has 0 aliphatic heterocycles. The van der Waals surface area contributed by atoms with Gasteiger partial charge in [-0.25, -0.2) is 4.79 Å². The van der Waals surface area contributed by atoms with E-state index in [0.29, 0.717) is 12.8 Å². The van der Waals surface area contributed by atoms with Crippen LogP contribution in [0.3, 0.4) is 0 Å². The Labute approximate surface area is 164 Å². The minimum atomic E-state index is -0.981. The number of unbranched alkanes of at least 4 members (excludes halogenated alkanes) is 10. The quantitative estimate of drug-likeness (QED) is 0.238. The molecule has 0 aromatic heterocycles. The molecule has 27 heavy (non-hydrogen) atoms. The van der Waals surface area contributed by atoms with Gasteiger partial charge in [0, 0.05) is 18.9 Å². The maximum Gasteiger partial charge on any atom is 0.327 e. The molecule has 0 amide bonds. The second-order valence-electron chi connectivity index (χ2n) is 6.37. The third kappa shape index (κ3) is 45.4. The van der Waals surface area contributed by atoms with Gasteiger partial charge in [-0.2, -0.15) is 0 Å². The molecule has 0 aromatic rings. The van der Waals surface area contributed by atoms with E-state index >= 15 is 0 Å². The number of rotatable bonds is 15. The van der Waals surface area contributed by atoms with Crippen molar-refractivity contribution in [3.05, 3.63) is 12.7 Å². The van der Waals surface area contributed by atoms with Crippen LogP contribution in [0.1, 0.15) is 104 Å². The highest BCUT2D eigenvalue weighted by atomic mass is 16.4. The molecule has 0 atom stereocenters. The Morgan fingerprint density at radius 3 is 1.11 bits per heavy atom. The van der Waals surface area contributed by atoms with Crippen LogP contribution in [0.5, 0.6) is 0 Å². The first-order valence-electron chi connectivity index (χ1n) is 10.1. The summed E-state index contributed by atoms with van der Waals surface area (Å²) in [5.41, 5.74) is 0. The van der Waals surface area contributed by atoms with E-state index in [2.05, 4.69) is 20.4 Å². The molecule has 0 heterocycles. The predicted molar refractivity (Wildman–Crippen MR) is 109 cm³/mol. The van der Waals surface area contributed by atoms with Crippen LogP contribution in [0, 0.1) is 0 Å². The van der Waals surface area contributed by atoms with Gasteiger partial charge in [0.25, 0.3) is 0 Å². The molecule has 6 nitrogen and oxygen atoms in total. The van der Waals surface area contributed by atoms with Crippen LogP contribution in [-0.2, 0) is 14.4 Å². The van der Waals surface area contributed by atoms with Gasteiger partial charge in [0.1, 0.15) is 0 Å². The lowest BCUT2D eigenvalue weighted by Crippen LogP contribution is -1.93. The van der Waals surface area contributed by atoms with Crippen molar-refractivity contribution in [1.82, 2.24) is 0 Å². The summed E-state index contributed by atoms with van der Waals surface area (Å²) in [5.74, 6) is -2.31. The highest BCUT2D eigenvalue weighted by Gasteiger charge is 1.96. The van der Waals surface area contributed by atoms with Gasteiger partial charge in [0.15, 0.2) is 0 Å². The molecule has 0 spiro atoms. The lowest BCUT2D eigenvalue weighted by atomic mass is 10.1. The van der Waals surface area contributed by atoms with Crippen LogP contribution in [-0.4, -0.2) is 33.2 Å². The molecule has 0 fully saturated rings. The molecule has 0 rings (SSSR count). The maximum atomic E-state index is 10.1. The van der Waals surface area contributed by atoms with Gasteiger partial charge < -0.3 is 15.3 Å². The summed E-state index contributed by atoms with van der Waals surface area (Å²) < 4.78 is 0. The van der Waals surface area contributed by atoms with Gasteiger partial charge in [0.05, 0.1) is 0 Å². The second-order valence-corrected chi connectivity index (χ2v) is 6.37. The lowest BCUT2D eigenvalue weighted by molar-refractivity contribution is -0.138. The Morgan fingerprint density at radius 1 is 0.630 bits per heavy atom. The van der Waals surface area contributed by atoms with Crippen LogP contribution in [0.4, 0.5) is 0 Å². The highest BCUT2D eigenvalue weighted by Crippen LogP contribution is 2.08. The SMILES string of the molecule is C=CC(=O)O.CCCCCCCC(=O)O.CCCCCCCCCC(=O)O. The predicted octanol–water partition coefficient (Wildman–Crippen LogP) is 5.90. The molecule has 0 aromatic carbocycles. The summed E-state index contributed by atoms with van der Waals surface area (Å²) >= 11 is 0. The average Bonchev–Trinajstić information content (AvgIpc) is 2.61. The van der Waals surface area contributed by atoms with E-state index in [4.69, 9.17) is 15.3 Å². The minimum Gasteiger partial charge on any atom is -0.481 e. The number of carbonyl (C=O) groups is 3. The van der Waals surface area contributed by atoms with Crippen molar-refractivity contribution in [3.63, 3.8) is 0 Å². The van der Waals surface area contributed by atoms with E-state index in [9.17, 15) is 14.4 Å². The Kier molecular flexibility index (Phi) is 29.2. The highest BCUT2D eigenvalue weighted by molar-refractivity contribution is 5.78. The van der Waals surface area contributed by atoms with Crippen molar-refractivity contribution in [1.29, 1.82) is 0 Å². The first-order valence-corrected chi connectivity index (χ1v) is 10.1. The molecule has 3 N–H and O–H groups in total. The van der Waals surface area contributed by atoms with Crippen molar-refractivity contribution in [2.75, 3.05) is 0 Å². The number of hydrogen-bond acceptors (Lipinski definition) is 3. The Morgan fingerprint density at radius 2 is 0.889 bits per heavy atom. The van der Waals surface area contributed by atoms with Crippen molar-refractivity contribution < 1.29 is 29.7 Å². The largest absolute Gasteiger partial charge is 0.481 e. The number of carboxylic acid groups (broad SMARTS) is 3. The first kappa shape index (κ1) is 29.9. The summed E-state index contributed by atoms with van der Waals surface area (Å²) in [6, 6.07) is 0. The third-order valence-corrected chi connectivity index (χ3v) is 3.66. The minimum absolute atomic E-state index is 0.337. The summed E-state index contributed by atoms with van der Waals surface area (Å²) in [7, 11) is 0. The maximum absolute atomic E-state index is 10.1. The molecule has 6 heteroatoms. The zero-order chi connectivity index (χ0) is 21.3. The Bertz CT molecular complexity index is 366. The molecular formula is C21H40O6. The first-order chi connectivity index (χ1) is 12.8. The van der Waals surface area contributed by atoms with E-state index in [1.807, 2.05) is 0 Å². The molecule has 0 aliphatic rings. The summed E-state index contributed by atoms with van der Waals surface area (Å²) in [6.07, 6.45) is 15.4. The van der Waals surface area contributed by atoms with E-state index in [1.54, 1.807) is 0 Å². The topological polar surface area (TPSA) is 112 Å². The van der Waals surface area contributed by atoms with Gasteiger partial charge in [-0.05, 0) is 12.8 Å². The molecule has 0 radical (unpaired) electrons. The van der Waals surface area contributed by atoms with E-state index in [1.165, 1.54) is 51.4 Å². The Balaban J connectivity index is -0.000000347. The van der Waals surface area contributed by atoms with Crippen molar-refractivity contribution in [2.45, 2.75) is 104 Å². The molecule has 0 unspecified atom stereocenters. The summed E-state index contributed by atoms with van der Waals surface area (Å²) in [5, 5.41) is 24.2. The van der Waals surface area contributed by atoms with E-state index in [0.717, 1.165) is 31.8 Å². The van der Waals surface area contributed by atoms with Crippen LogP contribution >= 0.6 is 0 Å². The van der Waals surface area contributed by atoms with Crippen molar-refractivity contribution in [3.8, 4) is 0 Å². The number of aliphatic carboxylic acids is 3. The van der Waals surface area contributed by atoms with Gasteiger partial charge in [-0.1, -0.05) is 84.6 Å². The van der Waals surface area contributed by atoms with Gasteiger partial charge in [0.2, 0.25) is 0 Å². The van der Waals surface area contributed by atoms with E-state index < -0.39 is 17.9 Å². The fourth-order valence-corrected chi connectivity index (χ4v) is 2.11. The zero-order valence-corrected chi connectivity index (χ0v) is 17.3. The number of hydrogen-bond donors (Lipinski definition) is 3. The fourth-order valence-electron chi connectivity index (χ4n) is 2.11. The van der Waals surface area contributed by atoms with E-state index in [-0.39, 0.29) is 0 Å². The molecular weight excluding hydrogens is 348 g/mol. The van der Waals surface area contributed by atoms with Crippen molar-refractivity contribution in [2.24, 2.45) is 0 Å². The van der Waals surface area contributed by atoms with Gasteiger partial charge in [-0.15, -0.1) is 0 Å². The average molecular weight is 389 g/mol. The van der Waals surface area contributed by atoms with Crippen LogP contribution < -0.4 is 0 Å². The fraction of sp³-hybridized carbons (Fsp3) is 0.762. The van der Waals surface area contributed by atoms with Gasteiger partial charge >= 0.3 is 17.9 Å². The third-order valence-electron chi connectivity index (χ3n) is 3.66. The van der Waals surface area contributed by atoms with Crippen molar-refractivity contribution >= 4 is 17.9 Å². The van der Waals surface area contributed by atoms with Crippen LogP contribution in [0.2, 0.25) is 0 Å². The monoisotopic (exact) mass is 388 g/mol. The van der Waals surface area contributed by atoms with Crippen LogP contribution in [0.25, 0.3) is 0 Å². The normalized spacial score (nSPS) is 9.26. The standard InChI is InChI=1S/C10H20O2.C8H16O2.C3H4O2/c1-2-3-4-5-6-7-8-9-10(11)12;1-2-3-4-5-6-7-8(9)10;1-2-3(4)5/h2-9H2,1H3,(H,11,12);2-7H2,1H3,(H,9,10);2H,1H2,(H,4,5). The van der Waals surface area contributed by atoms with Gasteiger partial charge in [-0.3, -0.25) is 9.59 Å². The second kappa shape index (κ2) is 26.4. The summed E-state index contributed by atoms with van der Waals surface area (Å²) in [4.78, 5) is 29.4. The molecule has 160 valence electrons.